The van der Waals surface area contributed by atoms with Gasteiger partial charge in [-0.25, -0.2) is 4.79 Å². The molecule has 3 rings (SSSR count). The SMILES string of the molecule is Cc1cccc(C(=O)N2[C@@H](C(=O)O)COC23CCC(C)CC3)c1. The van der Waals surface area contributed by atoms with E-state index in [1.54, 1.807) is 12.1 Å². The van der Waals surface area contributed by atoms with Gasteiger partial charge in [-0.05, 0) is 50.7 Å². The lowest BCUT2D eigenvalue weighted by Crippen LogP contribution is -2.55. The van der Waals surface area contributed by atoms with Crippen LogP contribution in [0.15, 0.2) is 24.3 Å². The number of carboxylic acids is 1. The van der Waals surface area contributed by atoms with Gasteiger partial charge in [0.25, 0.3) is 5.91 Å². The first-order valence-electron chi connectivity index (χ1n) is 8.20. The molecule has 1 aliphatic carbocycles. The molecule has 1 saturated carbocycles. The van der Waals surface area contributed by atoms with Crippen LogP contribution in [0.1, 0.15) is 48.5 Å². The molecule has 1 aliphatic heterocycles. The summed E-state index contributed by atoms with van der Waals surface area (Å²) in [6, 6.07) is 6.38. The van der Waals surface area contributed by atoms with Gasteiger partial charge in [-0.1, -0.05) is 24.6 Å². The number of nitrogens with zero attached hydrogens (tertiary/aromatic N) is 1. The number of aryl methyl sites for hydroxylation is 1. The third-order valence-corrected chi connectivity index (χ3v) is 5.09. The highest BCUT2D eigenvalue weighted by molar-refractivity contribution is 5.97. The number of carboxylic acid groups (broad SMARTS) is 1. The maximum Gasteiger partial charge on any atom is 0.328 e. The molecule has 1 heterocycles. The van der Waals surface area contributed by atoms with Crippen LogP contribution in [-0.4, -0.2) is 40.3 Å². The highest BCUT2D eigenvalue weighted by atomic mass is 16.5. The molecule has 0 unspecified atom stereocenters. The highest BCUT2D eigenvalue weighted by Gasteiger charge is 2.53. The molecule has 2 aliphatic rings. The quantitative estimate of drug-likeness (QED) is 0.911. The number of hydrogen-bond donors (Lipinski definition) is 1. The van der Waals surface area contributed by atoms with Crippen molar-refractivity contribution >= 4 is 11.9 Å². The number of carbonyl (C=O) groups is 2. The Morgan fingerprint density at radius 1 is 1.30 bits per heavy atom. The topological polar surface area (TPSA) is 66.8 Å². The van der Waals surface area contributed by atoms with E-state index in [4.69, 9.17) is 4.74 Å². The van der Waals surface area contributed by atoms with Crippen molar-refractivity contribution in [3.8, 4) is 0 Å². The van der Waals surface area contributed by atoms with Crippen LogP contribution in [0.25, 0.3) is 0 Å². The van der Waals surface area contributed by atoms with Crippen molar-refractivity contribution in [1.29, 1.82) is 0 Å². The van der Waals surface area contributed by atoms with E-state index in [2.05, 4.69) is 6.92 Å². The minimum Gasteiger partial charge on any atom is -0.480 e. The average Bonchev–Trinajstić information content (AvgIpc) is 2.89. The van der Waals surface area contributed by atoms with Crippen molar-refractivity contribution in [1.82, 2.24) is 4.90 Å². The van der Waals surface area contributed by atoms with Crippen molar-refractivity contribution < 1.29 is 19.4 Å². The molecular weight excluding hydrogens is 294 g/mol. The predicted octanol–water partition coefficient (Wildman–Crippen LogP) is 2.83. The van der Waals surface area contributed by atoms with Gasteiger partial charge in [0.05, 0.1) is 6.61 Å². The Balaban J connectivity index is 1.96. The lowest BCUT2D eigenvalue weighted by molar-refractivity contribution is -0.143. The van der Waals surface area contributed by atoms with Crippen molar-refractivity contribution in [2.75, 3.05) is 6.61 Å². The second kappa shape index (κ2) is 5.96. The van der Waals surface area contributed by atoms with Gasteiger partial charge in [0.1, 0.15) is 5.72 Å². The minimum atomic E-state index is -0.999. The molecule has 124 valence electrons. The molecule has 5 nitrogen and oxygen atoms in total. The first-order valence-corrected chi connectivity index (χ1v) is 8.20. The van der Waals surface area contributed by atoms with Gasteiger partial charge in [-0.15, -0.1) is 0 Å². The Kier molecular flexibility index (Phi) is 4.15. The van der Waals surface area contributed by atoms with Crippen LogP contribution in [-0.2, 0) is 9.53 Å². The van der Waals surface area contributed by atoms with E-state index in [1.807, 2.05) is 19.1 Å². The fraction of sp³-hybridized carbons (Fsp3) is 0.556. The van der Waals surface area contributed by atoms with E-state index in [0.717, 1.165) is 18.4 Å². The van der Waals surface area contributed by atoms with Crippen LogP contribution in [0.2, 0.25) is 0 Å². The van der Waals surface area contributed by atoms with E-state index in [0.29, 0.717) is 24.3 Å². The molecule has 5 heteroatoms. The number of ether oxygens (including phenoxy) is 1. The molecule has 1 saturated heterocycles. The average molecular weight is 317 g/mol. The molecule has 2 fully saturated rings. The highest BCUT2D eigenvalue weighted by Crippen LogP contribution is 2.43. The normalized spacial score (nSPS) is 30.6. The largest absolute Gasteiger partial charge is 0.480 e. The van der Waals surface area contributed by atoms with Crippen LogP contribution in [0, 0.1) is 12.8 Å². The number of hydrogen-bond acceptors (Lipinski definition) is 3. The van der Waals surface area contributed by atoms with Gasteiger partial charge in [0.15, 0.2) is 6.04 Å². The van der Waals surface area contributed by atoms with Crippen molar-refractivity contribution in [3.63, 3.8) is 0 Å². The fourth-order valence-electron chi connectivity index (χ4n) is 3.69. The van der Waals surface area contributed by atoms with Crippen molar-refractivity contribution in [2.24, 2.45) is 5.92 Å². The maximum atomic E-state index is 13.1. The summed E-state index contributed by atoms with van der Waals surface area (Å²) in [5, 5.41) is 9.53. The van der Waals surface area contributed by atoms with Crippen LogP contribution in [0.3, 0.4) is 0 Å². The molecule has 1 amide bonds. The van der Waals surface area contributed by atoms with E-state index >= 15 is 0 Å². The van der Waals surface area contributed by atoms with E-state index < -0.39 is 17.7 Å². The second-order valence-corrected chi connectivity index (χ2v) is 6.84. The third kappa shape index (κ3) is 2.85. The summed E-state index contributed by atoms with van der Waals surface area (Å²) in [5.41, 5.74) is 0.755. The van der Waals surface area contributed by atoms with Crippen molar-refractivity contribution in [3.05, 3.63) is 35.4 Å². The predicted molar refractivity (Wildman–Crippen MR) is 85.1 cm³/mol. The Morgan fingerprint density at radius 2 is 2.00 bits per heavy atom. The summed E-state index contributed by atoms with van der Waals surface area (Å²) < 4.78 is 5.91. The van der Waals surface area contributed by atoms with Crippen molar-refractivity contribution in [2.45, 2.75) is 51.3 Å². The zero-order valence-electron chi connectivity index (χ0n) is 13.6. The molecule has 0 bridgehead atoms. The molecule has 0 aromatic heterocycles. The van der Waals surface area contributed by atoms with Gasteiger partial charge >= 0.3 is 5.97 Å². The molecule has 1 aromatic rings. The van der Waals surface area contributed by atoms with Crippen LogP contribution in [0.4, 0.5) is 0 Å². The minimum absolute atomic E-state index is 0.0707. The van der Waals surface area contributed by atoms with E-state index in [1.165, 1.54) is 4.90 Å². The summed E-state index contributed by atoms with van der Waals surface area (Å²) in [7, 11) is 0. The van der Waals surface area contributed by atoms with Crippen LogP contribution in [0.5, 0.6) is 0 Å². The standard InChI is InChI=1S/C18H23NO4/c1-12-6-8-18(9-7-12)19(15(11-23-18)17(21)22)16(20)14-5-3-4-13(2)10-14/h3-5,10,12,15H,6-9,11H2,1-2H3,(H,21,22)/t12?,15-,18?/m1/s1. The molecule has 1 N–H and O–H groups in total. The summed E-state index contributed by atoms with van der Waals surface area (Å²) >= 11 is 0. The lowest BCUT2D eigenvalue weighted by Gasteiger charge is -2.42. The zero-order valence-corrected chi connectivity index (χ0v) is 13.6. The van der Waals surface area contributed by atoms with E-state index in [9.17, 15) is 14.7 Å². The number of amides is 1. The summed E-state index contributed by atoms with van der Waals surface area (Å²) in [5.74, 6) is -0.654. The van der Waals surface area contributed by atoms with Gasteiger partial charge in [0, 0.05) is 5.56 Å². The van der Waals surface area contributed by atoms with E-state index in [-0.39, 0.29) is 12.5 Å². The smallest absolute Gasteiger partial charge is 0.328 e. The first-order chi connectivity index (χ1) is 10.9. The Morgan fingerprint density at radius 3 is 2.61 bits per heavy atom. The maximum absolute atomic E-state index is 13.1. The molecule has 1 aromatic carbocycles. The second-order valence-electron chi connectivity index (χ2n) is 6.84. The third-order valence-electron chi connectivity index (χ3n) is 5.09. The Bertz CT molecular complexity index is 619. The summed E-state index contributed by atoms with van der Waals surface area (Å²) in [6.07, 6.45) is 3.30. The number of benzene rings is 1. The first kappa shape index (κ1) is 16.0. The van der Waals surface area contributed by atoms with Crippen LogP contribution < -0.4 is 0 Å². The summed E-state index contributed by atoms with van der Waals surface area (Å²) in [4.78, 5) is 26.2. The van der Waals surface area contributed by atoms with Gasteiger partial charge in [0.2, 0.25) is 0 Å². The monoisotopic (exact) mass is 317 g/mol. The Labute approximate surface area is 136 Å². The van der Waals surface area contributed by atoms with Gasteiger partial charge in [-0.3, -0.25) is 9.69 Å². The number of rotatable bonds is 2. The number of carbonyl (C=O) groups excluding carboxylic acids is 1. The fourth-order valence-corrected chi connectivity index (χ4v) is 3.69. The molecular formula is C18H23NO4. The zero-order chi connectivity index (χ0) is 16.6. The number of aliphatic carboxylic acids is 1. The molecule has 1 atom stereocenters. The molecule has 0 radical (unpaired) electrons. The van der Waals surface area contributed by atoms with Crippen LogP contribution >= 0.6 is 0 Å². The molecule has 23 heavy (non-hydrogen) atoms. The lowest BCUT2D eigenvalue weighted by atomic mass is 9.83. The summed E-state index contributed by atoms with van der Waals surface area (Å²) in [6.45, 7) is 4.18. The Hall–Kier alpha value is -1.88. The van der Waals surface area contributed by atoms with Gasteiger partial charge in [-0.2, -0.15) is 0 Å². The van der Waals surface area contributed by atoms with Gasteiger partial charge < -0.3 is 9.84 Å². The molecule has 1 spiro atoms.